The van der Waals surface area contributed by atoms with Gasteiger partial charge in [-0.1, -0.05) is 12.1 Å². The van der Waals surface area contributed by atoms with Gasteiger partial charge in [0.2, 0.25) is 5.91 Å². The van der Waals surface area contributed by atoms with E-state index in [0.29, 0.717) is 17.1 Å². The van der Waals surface area contributed by atoms with Crippen LogP contribution in [0.4, 0.5) is 5.69 Å². The summed E-state index contributed by atoms with van der Waals surface area (Å²) in [5.74, 6) is 0.307. The van der Waals surface area contributed by atoms with Crippen LogP contribution in [-0.2, 0) is 11.3 Å². The molecule has 0 bridgehead atoms. The predicted octanol–water partition coefficient (Wildman–Crippen LogP) is 1.14. The van der Waals surface area contributed by atoms with E-state index in [1.54, 1.807) is 55.8 Å². The van der Waals surface area contributed by atoms with Crippen LogP contribution in [0.3, 0.4) is 0 Å². The monoisotopic (exact) mass is 298 g/mol. The zero-order chi connectivity index (χ0) is 15.5. The van der Waals surface area contributed by atoms with E-state index in [-0.39, 0.29) is 18.1 Å². The Labute approximate surface area is 125 Å². The fraction of sp³-hybridized carbons (Fsp3) is 0.133. The van der Waals surface area contributed by atoms with Crippen LogP contribution in [0.25, 0.3) is 5.65 Å². The lowest BCUT2D eigenvalue weighted by Crippen LogP contribution is -2.28. The molecule has 0 aliphatic carbocycles. The predicted molar refractivity (Wildman–Crippen MR) is 81.1 cm³/mol. The number of methoxy groups -OCH3 is 1. The minimum atomic E-state index is -0.351. The van der Waals surface area contributed by atoms with Gasteiger partial charge in [-0.15, -0.1) is 5.10 Å². The molecule has 0 aliphatic rings. The second-order valence-corrected chi connectivity index (χ2v) is 4.65. The summed E-state index contributed by atoms with van der Waals surface area (Å²) < 4.78 is 7.61. The molecule has 2 aromatic heterocycles. The van der Waals surface area contributed by atoms with Crippen molar-refractivity contribution < 1.29 is 9.53 Å². The molecule has 0 aliphatic heterocycles. The first-order valence-corrected chi connectivity index (χ1v) is 6.65. The van der Waals surface area contributed by atoms with Crippen molar-refractivity contribution in [3.63, 3.8) is 0 Å². The lowest BCUT2D eigenvalue weighted by molar-refractivity contribution is -0.117. The molecule has 7 heteroatoms. The summed E-state index contributed by atoms with van der Waals surface area (Å²) in [5, 5.41) is 6.82. The fourth-order valence-electron chi connectivity index (χ4n) is 2.11. The number of carbonyl (C=O) groups excluding carboxylic acids is 1. The summed E-state index contributed by atoms with van der Waals surface area (Å²) >= 11 is 0. The molecule has 0 saturated carbocycles. The van der Waals surface area contributed by atoms with Crippen molar-refractivity contribution in [1.82, 2.24) is 14.2 Å². The lowest BCUT2D eigenvalue weighted by Gasteiger charge is -2.06. The number of amides is 1. The van der Waals surface area contributed by atoms with Crippen LogP contribution >= 0.6 is 0 Å². The molecular formula is C15H14N4O3. The summed E-state index contributed by atoms with van der Waals surface area (Å²) in [4.78, 5) is 24.1. The first kappa shape index (κ1) is 13.9. The average molecular weight is 298 g/mol. The molecule has 22 heavy (non-hydrogen) atoms. The van der Waals surface area contributed by atoms with E-state index in [0.717, 1.165) is 4.68 Å². The molecule has 3 aromatic rings. The molecule has 7 nitrogen and oxygen atoms in total. The van der Waals surface area contributed by atoms with Crippen molar-refractivity contribution in [2.45, 2.75) is 6.54 Å². The number of nitrogens with zero attached hydrogens (tertiary/aromatic N) is 3. The van der Waals surface area contributed by atoms with Gasteiger partial charge in [-0.05, 0) is 24.3 Å². The molecule has 0 fully saturated rings. The molecule has 1 amide bonds. The van der Waals surface area contributed by atoms with Crippen LogP contribution in [0.15, 0.2) is 53.5 Å². The minimum Gasteiger partial charge on any atom is -0.497 e. The highest BCUT2D eigenvalue weighted by atomic mass is 16.5. The number of rotatable bonds is 4. The van der Waals surface area contributed by atoms with Crippen molar-refractivity contribution in [2.24, 2.45) is 0 Å². The average Bonchev–Trinajstić information content (AvgIpc) is 2.84. The van der Waals surface area contributed by atoms with Gasteiger partial charge in [0, 0.05) is 18.0 Å². The number of benzene rings is 1. The molecule has 3 rings (SSSR count). The Bertz CT molecular complexity index is 882. The van der Waals surface area contributed by atoms with Crippen LogP contribution in [0.1, 0.15) is 0 Å². The molecule has 112 valence electrons. The van der Waals surface area contributed by atoms with Crippen molar-refractivity contribution in [1.29, 1.82) is 0 Å². The van der Waals surface area contributed by atoms with Crippen molar-refractivity contribution in [3.8, 4) is 5.75 Å². The molecular weight excluding hydrogens is 284 g/mol. The Hall–Kier alpha value is -3.09. The SMILES string of the molecule is COc1cccc(NC(=O)Cn2nc3ccccn3c2=O)c1. The number of ether oxygens (including phenoxy) is 1. The molecule has 0 spiro atoms. The number of hydrogen-bond donors (Lipinski definition) is 1. The summed E-state index contributed by atoms with van der Waals surface area (Å²) in [6.45, 7) is -0.155. The number of pyridine rings is 1. The molecule has 0 unspecified atom stereocenters. The van der Waals surface area contributed by atoms with Crippen LogP contribution in [0.2, 0.25) is 0 Å². The molecule has 0 saturated heterocycles. The molecule has 1 N–H and O–H groups in total. The Balaban J connectivity index is 1.78. The van der Waals surface area contributed by atoms with Crippen molar-refractivity contribution in [2.75, 3.05) is 12.4 Å². The first-order valence-electron chi connectivity index (χ1n) is 6.65. The van der Waals surface area contributed by atoms with Gasteiger partial charge in [-0.25, -0.2) is 9.48 Å². The number of carbonyl (C=O) groups is 1. The molecule has 0 radical (unpaired) electrons. The van der Waals surface area contributed by atoms with Gasteiger partial charge in [0.15, 0.2) is 5.65 Å². The van der Waals surface area contributed by atoms with Crippen LogP contribution in [0, 0.1) is 0 Å². The second kappa shape index (κ2) is 5.72. The Morgan fingerprint density at radius 3 is 2.91 bits per heavy atom. The summed E-state index contributed by atoms with van der Waals surface area (Å²) in [6.07, 6.45) is 1.61. The topological polar surface area (TPSA) is 77.6 Å². The van der Waals surface area contributed by atoms with E-state index in [1.165, 1.54) is 4.40 Å². The number of fused-ring (bicyclic) bond motifs is 1. The van der Waals surface area contributed by atoms with Crippen molar-refractivity contribution >= 4 is 17.2 Å². The number of nitrogens with one attached hydrogen (secondary N) is 1. The maximum atomic E-state index is 12.1. The standard InChI is InChI=1S/C15H14N4O3/c1-22-12-6-4-5-11(9-12)16-14(20)10-19-15(21)18-8-3-2-7-13(18)17-19/h2-9H,10H2,1H3,(H,16,20). The fourth-order valence-corrected chi connectivity index (χ4v) is 2.11. The summed E-state index contributed by atoms with van der Waals surface area (Å²) in [6, 6.07) is 12.2. The van der Waals surface area contributed by atoms with E-state index in [9.17, 15) is 9.59 Å². The van der Waals surface area contributed by atoms with Crippen LogP contribution < -0.4 is 15.7 Å². The summed E-state index contributed by atoms with van der Waals surface area (Å²) in [5.41, 5.74) is 0.749. The number of anilines is 1. The molecule has 0 atom stereocenters. The zero-order valence-corrected chi connectivity index (χ0v) is 11.9. The highest BCUT2D eigenvalue weighted by Gasteiger charge is 2.10. The lowest BCUT2D eigenvalue weighted by atomic mass is 10.3. The highest BCUT2D eigenvalue weighted by molar-refractivity contribution is 5.90. The third-order valence-corrected chi connectivity index (χ3v) is 3.14. The van der Waals surface area contributed by atoms with Gasteiger partial charge in [0.25, 0.3) is 0 Å². The third kappa shape index (κ3) is 2.69. The summed E-state index contributed by atoms with van der Waals surface area (Å²) in [7, 11) is 1.55. The largest absolute Gasteiger partial charge is 0.497 e. The van der Waals surface area contributed by atoms with E-state index in [4.69, 9.17) is 4.74 Å². The first-order chi connectivity index (χ1) is 10.7. The van der Waals surface area contributed by atoms with Crippen LogP contribution in [0.5, 0.6) is 5.75 Å². The Kier molecular flexibility index (Phi) is 3.61. The highest BCUT2D eigenvalue weighted by Crippen LogP contribution is 2.16. The van der Waals surface area contributed by atoms with Gasteiger partial charge >= 0.3 is 5.69 Å². The maximum absolute atomic E-state index is 12.1. The Morgan fingerprint density at radius 1 is 1.27 bits per heavy atom. The third-order valence-electron chi connectivity index (χ3n) is 3.14. The normalized spacial score (nSPS) is 10.6. The number of hydrogen-bond acceptors (Lipinski definition) is 4. The Morgan fingerprint density at radius 2 is 2.14 bits per heavy atom. The zero-order valence-electron chi connectivity index (χ0n) is 11.9. The van der Waals surface area contributed by atoms with Crippen molar-refractivity contribution in [3.05, 3.63) is 59.1 Å². The van der Waals surface area contributed by atoms with Gasteiger partial charge in [0.05, 0.1) is 7.11 Å². The smallest absolute Gasteiger partial charge is 0.350 e. The van der Waals surface area contributed by atoms with E-state index < -0.39 is 0 Å². The molecule has 2 heterocycles. The van der Waals surface area contributed by atoms with E-state index >= 15 is 0 Å². The van der Waals surface area contributed by atoms with Gasteiger partial charge in [-0.3, -0.25) is 9.20 Å². The number of aromatic nitrogens is 3. The molecule has 1 aromatic carbocycles. The maximum Gasteiger partial charge on any atom is 0.350 e. The van der Waals surface area contributed by atoms with E-state index in [2.05, 4.69) is 10.4 Å². The van der Waals surface area contributed by atoms with Gasteiger partial charge in [-0.2, -0.15) is 0 Å². The minimum absolute atomic E-state index is 0.155. The quantitative estimate of drug-likeness (QED) is 0.783. The second-order valence-electron chi connectivity index (χ2n) is 4.65. The van der Waals surface area contributed by atoms with Crippen LogP contribution in [-0.4, -0.2) is 27.2 Å². The van der Waals surface area contributed by atoms with Gasteiger partial charge in [0.1, 0.15) is 12.3 Å². The van der Waals surface area contributed by atoms with E-state index in [1.807, 2.05) is 0 Å². The van der Waals surface area contributed by atoms with Gasteiger partial charge < -0.3 is 10.1 Å².